The predicted octanol–water partition coefficient (Wildman–Crippen LogP) is 5.99. The van der Waals surface area contributed by atoms with Gasteiger partial charge in [-0.1, -0.05) is 91.3 Å². The van der Waals surface area contributed by atoms with Gasteiger partial charge in [0.2, 0.25) is 11.8 Å². The molecule has 1 N–H and O–H groups in total. The van der Waals surface area contributed by atoms with Gasteiger partial charge in [0.15, 0.2) is 0 Å². The van der Waals surface area contributed by atoms with Crippen molar-refractivity contribution in [3.63, 3.8) is 0 Å². The third-order valence-corrected chi connectivity index (χ3v) is 10.0. The normalized spacial score (nSPS) is 14.8. The fourth-order valence-electron chi connectivity index (χ4n) is 5.60. The number of anilines is 1. The predicted molar refractivity (Wildman–Crippen MR) is 171 cm³/mol. The Hall–Kier alpha value is -4.17. The molecule has 4 aromatic carbocycles. The molecule has 0 saturated carbocycles. The molecule has 0 saturated heterocycles. The Bertz CT molecular complexity index is 1700. The molecule has 1 aliphatic heterocycles. The average molecular weight is 598 g/mol. The molecule has 1 aliphatic rings. The van der Waals surface area contributed by atoms with Crippen molar-refractivity contribution in [1.82, 2.24) is 10.2 Å². The van der Waals surface area contributed by atoms with E-state index in [1.54, 1.807) is 17.0 Å². The van der Waals surface area contributed by atoms with Gasteiger partial charge in [-0.15, -0.1) is 0 Å². The standard InChI is InChI=1S/C35H39N3O4S/c1-4-26(3)36-35(40)31(23-27-11-6-5-7-12-27)37(24-28-20-18-25(2)19-21-28)33(39)17-10-22-38-30-15-8-13-29-14-9-16-32(34(29)30)43(38,41)42/h5-9,11-16,18-21,26,31H,4,10,17,22-24H2,1-3H3,(H,36,40)/t26-,31+/m0/s1. The van der Waals surface area contributed by atoms with Gasteiger partial charge in [0.1, 0.15) is 6.04 Å². The van der Waals surface area contributed by atoms with Gasteiger partial charge >= 0.3 is 0 Å². The van der Waals surface area contributed by atoms with E-state index in [2.05, 4.69) is 5.32 Å². The zero-order valence-corrected chi connectivity index (χ0v) is 25.8. The molecule has 0 fully saturated rings. The zero-order chi connectivity index (χ0) is 30.6. The second-order valence-corrected chi connectivity index (χ2v) is 13.2. The highest BCUT2D eigenvalue weighted by Gasteiger charge is 2.36. The summed E-state index contributed by atoms with van der Waals surface area (Å²) in [6, 6.07) is 27.8. The number of sulfonamides is 1. The molecular weight excluding hydrogens is 558 g/mol. The molecule has 2 amide bonds. The number of hydrogen-bond donors (Lipinski definition) is 1. The van der Waals surface area contributed by atoms with Crippen molar-refractivity contribution >= 4 is 38.3 Å². The lowest BCUT2D eigenvalue weighted by molar-refractivity contribution is -0.141. The van der Waals surface area contributed by atoms with Crippen LogP contribution in [0.15, 0.2) is 95.9 Å². The first kappa shape index (κ1) is 30.3. The van der Waals surface area contributed by atoms with Crippen molar-refractivity contribution < 1.29 is 18.0 Å². The summed E-state index contributed by atoms with van der Waals surface area (Å²) in [5, 5.41) is 4.69. The molecule has 0 spiro atoms. The topological polar surface area (TPSA) is 86.8 Å². The van der Waals surface area contributed by atoms with E-state index in [9.17, 15) is 18.0 Å². The Kier molecular flexibility index (Phi) is 9.16. The minimum Gasteiger partial charge on any atom is -0.352 e. The summed E-state index contributed by atoms with van der Waals surface area (Å²) in [6.07, 6.45) is 1.57. The quantitative estimate of drug-likeness (QED) is 0.217. The number of carbonyl (C=O) groups is 2. The van der Waals surface area contributed by atoms with Crippen LogP contribution in [0.25, 0.3) is 10.8 Å². The first-order chi connectivity index (χ1) is 20.7. The molecule has 5 rings (SSSR count). The number of carbonyl (C=O) groups excluding carboxylic acids is 2. The number of nitrogens with zero attached hydrogens (tertiary/aromatic N) is 2. The smallest absolute Gasteiger partial charge is 0.265 e. The lowest BCUT2D eigenvalue weighted by Gasteiger charge is -2.32. The van der Waals surface area contributed by atoms with E-state index < -0.39 is 16.1 Å². The first-order valence-corrected chi connectivity index (χ1v) is 16.4. The highest BCUT2D eigenvalue weighted by atomic mass is 32.2. The van der Waals surface area contributed by atoms with E-state index in [0.717, 1.165) is 33.9 Å². The molecule has 1 heterocycles. The second-order valence-electron chi connectivity index (χ2n) is 11.3. The number of benzene rings is 4. The van der Waals surface area contributed by atoms with Gasteiger partial charge in [-0.25, -0.2) is 8.42 Å². The number of hydrogen-bond acceptors (Lipinski definition) is 4. The lowest BCUT2D eigenvalue weighted by Crippen LogP contribution is -2.52. The fraction of sp³-hybridized carbons (Fsp3) is 0.314. The minimum atomic E-state index is -3.71. The van der Waals surface area contributed by atoms with Crippen LogP contribution < -0.4 is 9.62 Å². The fourth-order valence-corrected chi connectivity index (χ4v) is 7.35. The van der Waals surface area contributed by atoms with Crippen LogP contribution in [0.2, 0.25) is 0 Å². The van der Waals surface area contributed by atoms with Crippen molar-refractivity contribution in [2.75, 3.05) is 10.8 Å². The van der Waals surface area contributed by atoms with Gasteiger partial charge in [-0.2, -0.15) is 0 Å². The van der Waals surface area contributed by atoms with Crippen LogP contribution >= 0.6 is 0 Å². The molecular formula is C35H39N3O4S. The van der Waals surface area contributed by atoms with E-state index in [1.165, 1.54) is 4.31 Å². The third-order valence-electron chi connectivity index (χ3n) is 8.18. The summed E-state index contributed by atoms with van der Waals surface area (Å²) in [5.74, 6) is -0.379. The molecule has 8 heteroatoms. The molecule has 4 aromatic rings. The van der Waals surface area contributed by atoms with Crippen LogP contribution in [-0.2, 0) is 32.6 Å². The Morgan fingerprint density at radius 2 is 1.58 bits per heavy atom. The zero-order valence-electron chi connectivity index (χ0n) is 25.0. The Labute approximate surface area is 254 Å². The van der Waals surface area contributed by atoms with Crippen LogP contribution in [-0.4, -0.2) is 43.8 Å². The number of aryl methyl sites for hydroxylation is 1. The largest absolute Gasteiger partial charge is 0.352 e. The van der Waals surface area contributed by atoms with Gasteiger partial charge in [-0.05, 0) is 55.3 Å². The van der Waals surface area contributed by atoms with Gasteiger partial charge in [0, 0.05) is 37.4 Å². The van der Waals surface area contributed by atoms with Crippen LogP contribution in [0.1, 0.15) is 49.8 Å². The van der Waals surface area contributed by atoms with E-state index >= 15 is 0 Å². The summed E-state index contributed by atoms with van der Waals surface area (Å²) in [5.41, 5.74) is 3.65. The summed E-state index contributed by atoms with van der Waals surface area (Å²) >= 11 is 0. The molecule has 0 unspecified atom stereocenters. The molecule has 2 atom stereocenters. The third kappa shape index (κ3) is 6.59. The van der Waals surface area contributed by atoms with E-state index in [-0.39, 0.29) is 37.4 Å². The van der Waals surface area contributed by atoms with Crippen LogP contribution in [0.5, 0.6) is 0 Å². The van der Waals surface area contributed by atoms with Crippen molar-refractivity contribution in [1.29, 1.82) is 0 Å². The molecule has 43 heavy (non-hydrogen) atoms. The number of rotatable bonds is 12. The second kappa shape index (κ2) is 13.0. The van der Waals surface area contributed by atoms with Crippen molar-refractivity contribution in [2.24, 2.45) is 0 Å². The first-order valence-electron chi connectivity index (χ1n) is 14.9. The molecule has 0 aliphatic carbocycles. The molecule has 0 bridgehead atoms. The van der Waals surface area contributed by atoms with Crippen LogP contribution in [0.3, 0.4) is 0 Å². The molecule has 7 nitrogen and oxygen atoms in total. The molecule has 224 valence electrons. The Morgan fingerprint density at radius 1 is 0.884 bits per heavy atom. The van der Waals surface area contributed by atoms with Crippen molar-refractivity contribution in [3.05, 3.63) is 108 Å². The van der Waals surface area contributed by atoms with Gasteiger partial charge in [0.25, 0.3) is 10.0 Å². The molecule has 0 radical (unpaired) electrons. The van der Waals surface area contributed by atoms with E-state index in [1.807, 2.05) is 99.6 Å². The summed E-state index contributed by atoms with van der Waals surface area (Å²) in [4.78, 5) is 29.7. The molecule has 0 aromatic heterocycles. The Balaban J connectivity index is 1.40. The van der Waals surface area contributed by atoms with Gasteiger partial charge in [0.05, 0.1) is 10.6 Å². The summed E-state index contributed by atoms with van der Waals surface area (Å²) in [6.45, 7) is 6.42. The van der Waals surface area contributed by atoms with Crippen molar-refractivity contribution in [3.8, 4) is 0 Å². The maximum Gasteiger partial charge on any atom is 0.265 e. The maximum absolute atomic E-state index is 14.0. The maximum atomic E-state index is 14.0. The van der Waals surface area contributed by atoms with Crippen LogP contribution in [0, 0.1) is 6.92 Å². The summed E-state index contributed by atoms with van der Waals surface area (Å²) in [7, 11) is -3.71. The number of amides is 2. The minimum absolute atomic E-state index is 0.0354. The van der Waals surface area contributed by atoms with Crippen LogP contribution in [0.4, 0.5) is 5.69 Å². The summed E-state index contributed by atoms with van der Waals surface area (Å²) < 4.78 is 28.3. The van der Waals surface area contributed by atoms with Gasteiger partial charge in [-0.3, -0.25) is 13.9 Å². The Morgan fingerprint density at radius 3 is 2.28 bits per heavy atom. The van der Waals surface area contributed by atoms with E-state index in [4.69, 9.17) is 0 Å². The van der Waals surface area contributed by atoms with E-state index in [0.29, 0.717) is 23.4 Å². The number of nitrogens with one attached hydrogen (secondary N) is 1. The lowest BCUT2D eigenvalue weighted by atomic mass is 10.0. The van der Waals surface area contributed by atoms with Gasteiger partial charge < -0.3 is 10.2 Å². The SMILES string of the molecule is CC[C@H](C)NC(=O)[C@@H](Cc1ccccc1)N(Cc1ccc(C)cc1)C(=O)CCCN1c2cccc3cccc(c23)S1(=O)=O. The highest BCUT2D eigenvalue weighted by molar-refractivity contribution is 7.93. The van der Waals surface area contributed by atoms with Crippen molar-refractivity contribution in [2.45, 2.75) is 70.0 Å². The monoisotopic (exact) mass is 597 g/mol. The highest BCUT2D eigenvalue weighted by Crippen LogP contribution is 2.42. The average Bonchev–Trinajstić information content (AvgIpc) is 3.23.